The van der Waals surface area contributed by atoms with Crippen LogP contribution >= 0.6 is 0 Å². The monoisotopic (exact) mass is 315 g/mol. The van der Waals surface area contributed by atoms with Crippen molar-refractivity contribution in [3.63, 3.8) is 0 Å². The maximum absolute atomic E-state index is 13.2. The topological polar surface area (TPSA) is 31.2 Å². The molecule has 2 aromatic rings. The van der Waals surface area contributed by atoms with Gasteiger partial charge in [-0.15, -0.1) is 0 Å². The third-order valence-electron chi connectivity index (χ3n) is 4.35. The lowest BCUT2D eigenvalue weighted by Crippen LogP contribution is -2.18. The Morgan fingerprint density at radius 3 is 2.70 bits per heavy atom. The van der Waals surface area contributed by atoms with Gasteiger partial charge < -0.3 is 14.1 Å². The van der Waals surface area contributed by atoms with E-state index in [1.807, 2.05) is 0 Å². The van der Waals surface area contributed by atoms with Crippen LogP contribution in [-0.4, -0.2) is 23.1 Å². The second-order valence-electron chi connectivity index (χ2n) is 6.16. The Labute approximate surface area is 136 Å². The van der Waals surface area contributed by atoms with Gasteiger partial charge in [0.1, 0.15) is 11.6 Å². The zero-order chi connectivity index (χ0) is 16.2. The maximum Gasteiger partial charge on any atom is 0.130 e. The summed E-state index contributed by atoms with van der Waals surface area (Å²) in [5, 5.41) is 0. The van der Waals surface area contributed by atoms with Gasteiger partial charge >= 0.3 is 0 Å². The van der Waals surface area contributed by atoms with Gasteiger partial charge in [-0.3, -0.25) is 0 Å². The van der Waals surface area contributed by atoms with Crippen molar-refractivity contribution < 1.29 is 13.9 Å². The Bertz CT molecular complexity index is 669. The molecule has 3 rings (SSSR count). The first-order valence-corrected chi connectivity index (χ1v) is 8.19. The van der Waals surface area contributed by atoms with Crippen LogP contribution in [0.15, 0.2) is 36.4 Å². The Kier molecular flexibility index (Phi) is 4.91. The average molecular weight is 315 g/mol. The normalized spacial score (nSPS) is 17.6. The minimum Gasteiger partial charge on any atom is -0.376 e. The number of ether oxygens (including phenoxy) is 1. The lowest BCUT2D eigenvalue weighted by Gasteiger charge is -2.17. The van der Waals surface area contributed by atoms with Crippen molar-refractivity contribution in [1.29, 1.82) is 0 Å². The lowest BCUT2D eigenvalue weighted by atomic mass is 10.1. The Morgan fingerprint density at radius 1 is 1.26 bits per heavy atom. The molecular weight excluding hydrogens is 293 g/mol. The number of carbonyl (C=O) groups excluding carboxylic acids is 1. The molecule has 1 aromatic carbocycles. The highest BCUT2D eigenvalue weighted by Crippen LogP contribution is 2.26. The molecule has 4 heteroatoms. The average Bonchev–Trinajstić information content (AvgIpc) is 3.17. The minimum atomic E-state index is -0.234. The summed E-state index contributed by atoms with van der Waals surface area (Å²) in [7, 11) is 0. The van der Waals surface area contributed by atoms with E-state index in [0.717, 1.165) is 49.4 Å². The molecule has 0 N–H and O–H groups in total. The van der Waals surface area contributed by atoms with Crippen molar-refractivity contribution in [2.24, 2.45) is 0 Å². The lowest BCUT2D eigenvalue weighted by molar-refractivity contribution is -0.117. The molecule has 1 atom stereocenters. The standard InChI is InChI=1S/C19H22FNO2/c1-14(22)4-9-17-10-11-19(15-5-7-16(20)8-6-15)21(17)13-18-3-2-12-23-18/h5-8,10-11,18H,2-4,9,12-13H2,1H3/t18-/m0/s1. The summed E-state index contributed by atoms with van der Waals surface area (Å²) in [5.74, 6) is -0.0408. The van der Waals surface area contributed by atoms with E-state index in [-0.39, 0.29) is 17.7 Å². The summed E-state index contributed by atoms with van der Waals surface area (Å²) in [4.78, 5) is 11.3. The van der Waals surface area contributed by atoms with Crippen LogP contribution in [0.25, 0.3) is 11.3 Å². The molecule has 0 amide bonds. The largest absolute Gasteiger partial charge is 0.376 e. The molecule has 0 bridgehead atoms. The summed E-state index contributed by atoms with van der Waals surface area (Å²) in [5.41, 5.74) is 3.17. The number of benzene rings is 1. The SMILES string of the molecule is CC(=O)CCc1ccc(-c2ccc(F)cc2)n1C[C@@H]1CCCO1. The van der Waals surface area contributed by atoms with Crippen molar-refractivity contribution in [2.75, 3.05) is 6.61 Å². The van der Waals surface area contributed by atoms with Gasteiger partial charge in [-0.25, -0.2) is 4.39 Å². The van der Waals surface area contributed by atoms with Gasteiger partial charge in [0.05, 0.1) is 6.10 Å². The molecule has 0 spiro atoms. The first-order chi connectivity index (χ1) is 11.1. The molecule has 1 fully saturated rings. The summed E-state index contributed by atoms with van der Waals surface area (Å²) >= 11 is 0. The van der Waals surface area contributed by atoms with E-state index < -0.39 is 0 Å². The van der Waals surface area contributed by atoms with E-state index in [1.165, 1.54) is 12.1 Å². The van der Waals surface area contributed by atoms with E-state index in [1.54, 1.807) is 19.1 Å². The Balaban J connectivity index is 1.90. The van der Waals surface area contributed by atoms with Crippen molar-refractivity contribution in [2.45, 2.75) is 45.3 Å². The predicted octanol–water partition coefficient (Wildman–Crippen LogP) is 3.99. The highest BCUT2D eigenvalue weighted by atomic mass is 19.1. The van der Waals surface area contributed by atoms with Gasteiger partial charge in [0, 0.05) is 31.0 Å². The third kappa shape index (κ3) is 3.88. The van der Waals surface area contributed by atoms with Gasteiger partial charge in [0.15, 0.2) is 0 Å². The number of hydrogen-bond acceptors (Lipinski definition) is 2. The first-order valence-electron chi connectivity index (χ1n) is 8.19. The highest BCUT2D eigenvalue weighted by Gasteiger charge is 2.19. The molecule has 0 saturated carbocycles. The number of aryl methyl sites for hydroxylation is 1. The number of hydrogen-bond donors (Lipinski definition) is 0. The number of halogens is 1. The minimum absolute atomic E-state index is 0.193. The summed E-state index contributed by atoms with van der Waals surface area (Å²) in [6.07, 6.45) is 3.65. The van der Waals surface area contributed by atoms with Crippen LogP contribution < -0.4 is 0 Å². The number of rotatable bonds is 6. The molecule has 3 nitrogen and oxygen atoms in total. The van der Waals surface area contributed by atoms with Crippen LogP contribution in [-0.2, 0) is 22.5 Å². The molecule has 122 valence electrons. The molecule has 1 aliphatic rings. The number of nitrogens with zero attached hydrogens (tertiary/aromatic N) is 1. The Morgan fingerprint density at radius 2 is 2.04 bits per heavy atom. The summed E-state index contributed by atoms with van der Waals surface area (Å²) < 4.78 is 21.2. The van der Waals surface area contributed by atoms with Gasteiger partial charge in [0.25, 0.3) is 0 Å². The molecule has 1 aliphatic heterocycles. The van der Waals surface area contributed by atoms with Crippen LogP contribution in [0.5, 0.6) is 0 Å². The van der Waals surface area contributed by atoms with E-state index in [9.17, 15) is 9.18 Å². The molecule has 2 heterocycles. The summed E-state index contributed by atoms with van der Waals surface area (Å²) in [6, 6.07) is 10.7. The van der Waals surface area contributed by atoms with Gasteiger partial charge in [-0.2, -0.15) is 0 Å². The third-order valence-corrected chi connectivity index (χ3v) is 4.35. The number of carbonyl (C=O) groups is 1. The molecule has 1 saturated heterocycles. The quantitative estimate of drug-likeness (QED) is 0.807. The second-order valence-corrected chi connectivity index (χ2v) is 6.16. The molecule has 1 aromatic heterocycles. The maximum atomic E-state index is 13.2. The highest BCUT2D eigenvalue weighted by molar-refractivity contribution is 5.75. The molecule has 23 heavy (non-hydrogen) atoms. The fourth-order valence-corrected chi connectivity index (χ4v) is 3.11. The van der Waals surface area contributed by atoms with Gasteiger partial charge in [-0.1, -0.05) is 0 Å². The summed E-state index contributed by atoms with van der Waals surface area (Å²) in [6.45, 7) is 3.22. The fraction of sp³-hybridized carbons (Fsp3) is 0.421. The van der Waals surface area contributed by atoms with E-state index in [2.05, 4.69) is 16.7 Å². The van der Waals surface area contributed by atoms with Gasteiger partial charge in [-0.05, 0) is 68.1 Å². The molecule has 0 aliphatic carbocycles. The number of ketones is 1. The van der Waals surface area contributed by atoms with E-state index in [4.69, 9.17) is 4.74 Å². The van der Waals surface area contributed by atoms with Crippen LogP contribution in [0.2, 0.25) is 0 Å². The number of Topliss-reactive ketones (excluding diaryl/α,β-unsaturated/α-hetero) is 1. The smallest absolute Gasteiger partial charge is 0.130 e. The van der Waals surface area contributed by atoms with Gasteiger partial charge in [0.2, 0.25) is 0 Å². The van der Waals surface area contributed by atoms with Crippen LogP contribution in [0, 0.1) is 5.82 Å². The van der Waals surface area contributed by atoms with Crippen LogP contribution in [0.1, 0.15) is 31.9 Å². The van der Waals surface area contributed by atoms with Crippen molar-refractivity contribution in [3.05, 3.63) is 47.9 Å². The van der Waals surface area contributed by atoms with E-state index in [0.29, 0.717) is 6.42 Å². The first kappa shape index (κ1) is 15.9. The van der Waals surface area contributed by atoms with E-state index >= 15 is 0 Å². The van der Waals surface area contributed by atoms with Crippen LogP contribution in [0.3, 0.4) is 0 Å². The van der Waals surface area contributed by atoms with Crippen LogP contribution in [0.4, 0.5) is 4.39 Å². The molecule has 0 radical (unpaired) electrons. The molecule has 0 unspecified atom stereocenters. The van der Waals surface area contributed by atoms with Crippen molar-refractivity contribution in [3.8, 4) is 11.3 Å². The fourth-order valence-electron chi connectivity index (χ4n) is 3.11. The zero-order valence-corrected chi connectivity index (χ0v) is 13.4. The zero-order valence-electron chi connectivity index (χ0n) is 13.4. The van der Waals surface area contributed by atoms with Crippen molar-refractivity contribution >= 4 is 5.78 Å². The Hall–Kier alpha value is -1.94. The molecular formula is C19H22FNO2. The number of aromatic nitrogens is 1. The predicted molar refractivity (Wildman–Crippen MR) is 87.8 cm³/mol. The second kappa shape index (κ2) is 7.09. The van der Waals surface area contributed by atoms with Crippen molar-refractivity contribution in [1.82, 2.24) is 4.57 Å².